The number of carbonyl (C=O) groups is 4. The predicted molar refractivity (Wildman–Crippen MR) is 171 cm³/mol. The van der Waals surface area contributed by atoms with E-state index >= 15 is 0 Å². The van der Waals surface area contributed by atoms with Gasteiger partial charge in [-0.2, -0.15) is 0 Å². The molecule has 1 fully saturated rings. The molecule has 5 rings (SSSR count). The summed E-state index contributed by atoms with van der Waals surface area (Å²) < 4.78 is 21.5. The molecule has 52 heavy (non-hydrogen) atoms. The quantitative estimate of drug-likeness (QED) is 0.0601. The van der Waals surface area contributed by atoms with Crippen molar-refractivity contribution in [2.45, 2.75) is 55.6 Å². The number of hydrogen-bond acceptors (Lipinski definition) is 15. The number of carboxylic acid groups (broad SMARTS) is 3. The molecule has 0 radical (unpaired) electrons. The molecule has 0 amide bonds. The number of phenolic OH excluding ortho intramolecular Hbond substituents is 2. The monoisotopic (exact) mass is 728 g/mol. The number of benzene rings is 2. The van der Waals surface area contributed by atoms with Gasteiger partial charge in [-0.1, -0.05) is 6.07 Å². The smallest absolute Gasteiger partial charge is 0.351 e. The summed E-state index contributed by atoms with van der Waals surface area (Å²) in [5, 5.41) is 85.6. The van der Waals surface area contributed by atoms with Crippen LogP contribution in [-0.4, -0.2) is 123 Å². The van der Waals surface area contributed by atoms with Crippen molar-refractivity contribution in [2.24, 2.45) is 0 Å². The Morgan fingerprint density at radius 2 is 1.75 bits per heavy atom. The largest absolute Gasteiger partial charge is 0.544 e. The number of hydrogen-bond donors (Lipinski definition) is 9. The van der Waals surface area contributed by atoms with Crippen LogP contribution in [0.4, 0.5) is 5.69 Å². The number of esters is 1. The second-order valence-electron chi connectivity index (χ2n) is 12.2. The maximum Gasteiger partial charge on any atom is 0.351 e. The highest BCUT2D eigenvalue weighted by Crippen LogP contribution is 2.36. The Hall–Kier alpha value is -5.66. The number of rotatable bonds is 12. The molecule has 278 valence electrons. The summed E-state index contributed by atoms with van der Waals surface area (Å²) in [6.07, 6.45) is -3.56. The molecule has 0 bridgehead atoms. The van der Waals surface area contributed by atoms with Gasteiger partial charge in [-0.25, -0.2) is 14.4 Å². The fourth-order valence-electron chi connectivity index (χ4n) is 6.05. The lowest BCUT2D eigenvalue weighted by Crippen LogP contribution is -3.11. The molecule has 2 aromatic carbocycles. The molecule has 18 heteroatoms. The molecular weight excluding hydrogens is 692 g/mol. The Bertz CT molecular complexity index is 1820. The van der Waals surface area contributed by atoms with Gasteiger partial charge in [-0.15, -0.1) is 0 Å². The minimum Gasteiger partial charge on any atom is -0.544 e. The van der Waals surface area contributed by atoms with Gasteiger partial charge >= 0.3 is 17.9 Å². The number of allylic oxidation sites excluding steroid dienone is 1. The molecule has 18 nitrogen and oxygen atoms in total. The highest BCUT2D eigenvalue weighted by Gasteiger charge is 2.46. The summed E-state index contributed by atoms with van der Waals surface area (Å²) in [5.41, 5.74) is 1.18. The highest BCUT2D eigenvalue weighted by atomic mass is 16.7. The first-order chi connectivity index (χ1) is 24.7. The average molecular weight is 729 g/mol. The molecule has 0 aliphatic carbocycles. The Labute approximate surface area is 294 Å². The lowest BCUT2D eigenvalue weighted by Gasteiger charge is -2.39. The van der Waals surface area contributed by atoms with Gasteiger partial charge in [-0.05, 0) is 47.6 Å². The van der Waals surface area contributed by atoms with Gasteiger partial charge in [0.25, 0.3) is 0 Å². The van der Waals surface area contributed by atoms with E-state index in [9.17, 15) is 60.0 Å². The van der Waals surface area contributed by atoms with Crippen LogP contribution in [0.5, 0.6) is 23.0 Å². The molecular formula is C34H36N2O16. The summed E-state index contributed by atoms with van der Waals surface area (Å²) in [7, 11) is 1.36. The number of carbonyl (C=O) groups excluding carboxylic acids is 2. The fourth-order valence-corrected chi connectivity index (χ4v) is 6.05. The van der Waals surface area contributed by atoms with E-state index in [1.54, 1.807) is 0 Å². The number of phenols is 2. The summed E-state index contributed by atoms with van der Waals surface area (Å²) in [6, 6.07) is 4.48. The zero-order valence-corrected chi connectivity index (χ0v) is 27.4. The number of aromatic hydroxyl groups is 2. The molecule has 1 saturated heterocycles. The maximum absolute atomic E-state index is 12.4. The van der Waals surface area contributed by atoms with E-state index < -0.39 is 79.0 Å². The summed E-state index contributed by atoms with van der Waals surface area (Å²) >= 11 is 0. The lowest BCUT2D eigenvalue weighted by molar-refractivity contribution is -0.840. The topological polar surface area (TPSA) is 286 Å². The first-order valence-corrected chi connectivity index (χ1v) is 15.8. The van der Waals surface area contributed by atoms with Gasteiger partial charge in [0.15, 0.2) is 23.0 Å². The van der Waals surface area contributed by atoms with Crippen LogP contribution in [0.1, 0.15) is 17.5 Å². The van der Waals surface area contributed by atoms with Crippen LogP contribution < -0.4 is 24.8 Å². The van der Waals surface area contributed by atoms with Crippen molar-refractivity contribution < 1.29 is 83.9 Å². The predicted octanol–water partition coefficient (Wildman–Crippen LogP) is -2.92. The summed E-state index contributed by atoms with van der Waals surface area (Å²) in [6.45, 7) is -0.671. The first kappa shape index (κ1) is 37.6. The average Bonchev–Trinajstić information content (AvgIpc) is 3.47. The third kappa shape index (κ3) is 8.27. The van der Waals surface area contributed by atoms with Gasteiger partial charge < -0.3 is 69.9 Å². The van der Waals surface area contributed by atoms with E-state index in [0.717, 1.165) is 6.08 Å². The Balaban J connectivity index is 1.31. The number of quaternary nitrogens is 1. The third-order valence-corrected chi connectivity index (χ3v) is 8.79. The zero-order chi connectivity index (χ0) is 37.9. The molecule has 0 saturated carbocycles. The van der Waals surface area contributed by atoms with E-state index in [4.69, 9.17) is 18.9 Å². The summed E-state index contributed by atoms with van der Waals surface area (Å²) in [4.78, 5) is 47.9. The van der Waals surface area contributed by atoms with Crippen molar-refractivity contribution in [3.63, 3.8) is 0 Å². The number of aliphatic hydroxyl groups excluding tert-OH is 3. The van der Waals surface area contributed by atoms with Crippen molar-refractivity contribution >= 4 is 35.6 Å². The van der Waals surface area contributed by atoms with Gasteiger partial charge in [0.2, 0.25) is 6.29 Å². The van der Waals surface area contributed by atoms with Crippen molar-refractivity contribution in [1.29, 1.82) is 0 Å². The van der Waals surface area contributed by atoms with Crippen molar-refractivity contribution in [3.8, 4) is 23.0 Å². The molecule has 3 heterocycles. The fraction of sp³-hybridized carbons (Fsp3) is 0.353. The van der Waals surface area contributed by atoms with Crippen LogP contribution in [0.3, 0.4) is 0 Å². The Morgan fingerprint density at radius 1 is 1.00 bits per heavy atom. The molecule has 3 aliphatic heterocycles. The zero-order valence-electron chi connectivity index (χ0n) is 27.4. The third-order valence-electron chi connectivity index (χ3n) is 8.79. The molecule has 0 aromatic heterocycles. The van der Waals surface area contributed by atoms with Gasteiger partial charge in [0.05, 0.1) is 7.11 Å². The van der Waals surface area contributed by atoms with Gasteiger partial charge in [0, 0.05) is 30.5 Å². The number of aliphatic hydroxyl groups is 3. The summed E-state index contributed by atoms with van der Waals surface area (Å²) in [5.74, 6) is -5.68. The molecule has 2 aromatic rings. The number of methoxy groups -OCH3 is 1. The van der Waals surface area contributed by atoms with Crippen molar-refractivity contribution in [1.82, 2.24) is 5.32 Å². The van der Waals surface area contributed by atoms with Crippen molar-refractivity contribution in [3.05, 3.63) is 71.0 Å². The van der Waals surface area contributed by atoms with E-state index in [-0.39, 0.29) is 47.2 Å². The number of aliphatic carboxylic acids is 3. The Morgan fingerprint density at radius 3 is 2.42 bits per heavy atom. The van der Waals surface area contributed by atoms with Crippen LogP contribution in [-0.2, 0) is 35.1 Å². The number of carboxylic acids is 3. The lowest BCUT2D eigenvalue weighted by atomic mass is 9.99. The van der Waals surface area contributed by atoms with Crippen molar-refractivity contribution in [2.75, 3.05) is 20.3 Å². The SMILES string of the molecule is COc1cc(C=CC(=O)OCC2OC(Oc3cc4c(cc3O)CC(C(=O)[O-])[NH+]4CC=C3C=C(C(=O)O)NC(C(=O)O)C3)C(O)C(O)C2O)ccc1O. The van der Waals surface area contributed by atoms with Crippen LogP contribution in [0.25, 0.3) is 6.08 Å². The minimum absolute atomic E-state index is 0.0728. The van der Waals surface area contributed by atoms with E-state index in [1.165, 1.54) is 55.7 Å². The van der Waals surface area contributed by atoms with Crippen LogP contribution in [0.2, 0.25) is 0 Å². The molecule has 8 atom stereocenters. The van der Waals surface area contributed by atoms with E-state index in [1.807, 2.05) is 0 Å². The number of nitrogens with one attached hydrogen (secondary N) is 2. The highest BCUT2D eigenvalue weighted by molar-refractivity contribution is 5.89. The van der Waals surface area contributed by atoms with E-state index in [2.05, 4.69) is 5.32 Å². The molecule has 9 N–H and O–H groups in total. The molecule has 3 aliphatic rings. The van der Waals surface area contributed by atoms with Crippen LogP contribution in [0, 0.1) is 0 Å². The molecule has 8 unspecified atom stereocenters. The van der Waals surface area contributed by atoms with Gasteiger partial charge in [-0.3, -0.25) is 4.90 Å². The van der Waals surface area contributed by atoms with Gasteiger partial charge in [0.1, 0.15) is 67.0 Å². The second kappa shape index (κ2) is 15.7. The first-order valence-electron chi connectivity index (χ1n) is 15.8. The van der Waals surface area contributed by atoms with Crippen LogP contribution in [0.15, 0.2) is 59.8 Å². The normalized spacial score (nSPS) is 27.7. The maximum atomic E-state index is 12.4. The van der Waals surface area contributed by atoms with E-state index in [0.29, 0.717) is 22.4 Å². The van der Waals surface area contributed by atoms with Crippen LogP contribution >= 0.6 is 0 Å². The minimum atomic E-state index is -1.86. The number of ether oxygens (including phenoxy) is 4. The molecule has 0 spiro atoms. The Kier molecular flexibility index (Phi) is 11.4. The standard InChI is InChI=1S/C34H36N2O16/c1-49-24-10-15(2-4-22(24)37)3-5-27(39)50-14-26-28(40)29(41)30(42)34(52-26)51-25-13-20-17(12-23(25)38)11-21(33(47)48)36(20)7-6-16-8-18(31(43)44)35-19(9-16)32(45)46/h2-6,8,10,12-13,19,21,26,28-30,34-35,37-38,40-42H,7,9,11,14H2,1H3,(H,43,44)(H,45,46)(H,47,48). The second-order valence-corrected chi connectivity index (χ2v) is 12.2. The number of fused-ring (bicyclic) bond motifs is 1.